The minimum Gasteiger partial charge on any atom is -0.374 e. The third-order valence-electron chi connectivity index (χ3n) is 5.36. The van der Waals surface area contributed by atoms with E-state index in [9.17, 15) is 0 Å². The van der Waals surface area contributed by atoms with Gasteiger partial charge in [-0.25, -0.2) is 0 Å². The third-order valence-corrected chi connectivity index (χ3v) is 5.36. The lowest BCUT2D eigenvalue weighted by molar-refractivity contribution is -0.0267. The first-order valence-electron chi connectivity index (χ1n) is 9.77. The molecule has 0 fully saturated rings. The molecule has 1 atom stereocenters. The van der Waals surface area contributed by atoms with Crippen molar-refractivity contribution in [1.82, 2.24) is 0 Å². The van der Waals surface area contributed by atoms with E-state index in [4.69, 9.17) is 4.74 Å². The standard InChI is InChI=1S/C25H29NO/c1-3-25(27-2,22-14-7-4-8-15-22)20-13-21-26(23-16-9-5-10-17-23)24-18-11-6-12-19-24/h4-12,14-19H,3,13,20-21H2,1-2H3. The number of methoxy groups -OCH3 is 1. The van der Waals surface area contributed by atoms with Crippen molar-refractivity contribution in [1.29, 1.82) is 0 Å². The van der Waals surface area contributed by atoms with Crippen molar-refractivity contribution in [2.75, 3.05) is 18.6 Å². The first kappa shape index (κ1) is 19.2. The molecule has 0 spiro atoms. The van der Waals surface area contributed by atoms with Gasteiger partial charge in [-0.05, 0) is 49.1 Å². The molecule has 0 N–H and O–H groups in total. The minimum absolute atomic E-state index is 0.222. The molecule has 0 radical (unpaired) electrons. The van der Waals surface area contributed by atoms with Crippen molar-refractivity contribution in [3.05, 3.63) is 96.6 Å². The first-order chi connectivity index (χ1) is 13.3. The molecule has 0 saturated carbocycles. The molecule has 0 aromatic heterocycles. The zero-order valence-electron chi connectivity index (χ0n) is 16.3. The molecule has 2 nitrogen and oxygen atoms in total. The van der Waals surface area contributed by atoms with Crippen LogP contribution in [0.3, 0.4) is 0 Å². The molecule has 3 rings (SSSR count). The molecule has 3 aromatic carbocycles. The van der Waals surface area contributed by atoms with Gasteiger partial charge in [0.15, 0.2) is 0 Å². The van der Waals surface area contributed by atoms with Crippen molar-refractivity contribution < 1.29 is 4.74 Å². The van der Waals surface area contributed by atoms with Gasteiger partial charge in [0.2, 0.25) is 0 Å². The Labute approximate surface area is 163 Å². The predicted molar refractivity (Wildman–Crippen MR) is 115 cm³/mol. The highest BCUT2D eigenvalue weighted by atomic mass is 16.5. The summed E-state index contributed by atoms with van der Waals surface area (Å²) in [5.41, 5.74) is 3.49. The Morgan fingerprint density at radius 2 is 1.22 bits per heavy atom. The number of hydrogen-bond donors (Lipinski definition) is 0. The molecule has 0 aliphatic heterocycles. The summed E-state index contributed by atoms with van der Waals surface area (Å²) in [5.74, 6) is 0. The van der Waals surface area contributed by atoms with Crippen LogP contribution in [0.5, 0.6) is 0 Å². The first-order valence-corrected chi connectivity index (χ1v) is 9.77. The molecule has 140 valence electrons. The van der Waals surface area contributed by atoms with Gasteiger partial charge in [-0.1, -0.05) is 73.7 Å². The van der Waals surface area contributed by atoms with E-state index in [1.165, 1.54) is 16.9 Å². The highest BCUT2D eigenvalue weighted by molar-refractivity contribution is 5.62. The monoisotopic (exact) mass is 359 g/mol. The molecule has 0 aliphatic carbocycles. The van der Waals surface area contributed by atoms with Crippen molar-refractivity contribution in [2.45, 2.75) is 31.8 Å². The molecule has 1 unspecified atom stereocenters. The smallest absolute Gasteiger partial charge is 0.0925 e. The van der Waals surface area contributed by atoms with E-state index in [-0.39, 0.29) is 5.60 Å². The lowest BCUT2D eigenvalue weighted by atomic mass is 9.86. The number of anilines is 2. The highest BCUT2D eigenvalue weighted by Gasteiger charge is 2.29. The average molecular weight is 360 g/mol. The molecule has 0 saturated heterocycles. The van der Waals surface area contributed by atoms with Crippen molar-refractivity contribution in [3.8, 4) is 0 Å². The van der Waals surface area contributed by atoms with Gasteiger partial charge in [0.05, 0.1) is 5.60 Å². The van der Waals surface area contributed by atoms with E-state index in [2.05, 4.69) is 103 Å². The second-order valence-corrected chi connectivity index (χ2v) is 6.84. The van der Waals surface area contributed by atoms with Crippen LogP contribution in [0.2, 0.25) is 0 Å². The third kappa shape index (κ3) is 4.58. The van der Waals surface area contributed by atoms with E-state index in [0.717, 1.165) is 25.8 Å². The summed E-state index contributed by atoms with van der Waals surface area (Å²) in [7, 11) is 1.84. The van der Waals surface area contributed by atoms with Gasteiger partial charge in [-0.15, -0.1) is 0 Å². The zero-order valence-corrected chi connectivity index (χ0v) is 16.3. The van der Waals surface area contributed by atoms with E-state index in [0.29, 0.717) is 0 Å². The second kappa shape index (κ2) is 9.38. The lowest BCUT2D eigenvalue weighted by Gasteiger charge is -2.33. The van der Waals surface area contributed by atoms with Crippen LogP contribution in [0.15, 0.2) is 91.0 Å². The Morgan fingerprint density at radius 3 is 1.67 bits per heavy atom. The Balaban J connectivity index is 1.77. The van der Waals surface area contributed by atoms with Gasteiger partial charge >= 0.3 is 0 Å². The van der Waals surface area contributed by atoms with Crippen LogP contribution in [0, 0.1) is 0 Å². The van der Waals surface area contributed by atoms with Crippen LogP contribution in [-0.4, -0.2) is 13.7 Å². The van der Waals surface area contributed by atoms with Crippen LogP contribution in [0.4, 0.5) is 11.4 Å². The summed E-state index contributed by atoms with van der Waals surface area (Å²) in [6, 6.07) is 31.8. The summed E-state index contributed by atoms with van der Waals surface area (Å²) in [6.07, 6.45) is 2.99. The molecule has 3 aromatic rings. The Kier molecular flexibility index (Phi) is 6.67. The van der Waals surface area contributed by atoms with Gasteiger partial charge in [-0.2, -0.15) is 0 Å². The van der Waals surface area contributed by atoms with Crippen LogP contribution in [0.1, 0.15) is 31.7 Å². The maximum absolute atomic E-state index is 6.05. The Hall–Kier alpha value is -2.58. The molecular formula is C25H29NO. The molecule has 2 heteroatoms. The van der Waals surface area contributed by atoms with Crippen LogP contribution in [0.25, 0.3) is 0 Å². The van der Waals surface area contributed by atoms with Crippen molar-refractivity contribution in [2.24, 2.45) is 0 Å². The molecule has 0 bridgehead atoms. The quantitative estimate of drug-likeness (QED) is 0.429. The van der Waals surface area contributed by atoms with Gasteiger partial charge in [0, 0.05) is 25.0 Å². The number of nitrogens with zero attached hydrogens (tertiary/aromatic N) is 1. The van der Waals surface area contributed by atoms with Gasteiger partial charge in [-0.3, -0.25) is 0 Å². The fraction of sp³-hybridized carbons (Fsp3) is 0.280. The average Bonchev–Trinajstić information content (AvgIpc) is 2.76. The lowest BCUT2D eigenvalue weighted by Crippen LogP contribution is -2.29. The Morgan fingerprint density at radius 1 is 0.741 bits per heavy atom. The van der Waals surface area contributed by atoms with Crippen LogP contribution in [-0.2, 0) is 10.3 Å². The molecule has 0 amide bonds. The number of para-hydroxylation sites is 2. The fourth-order valence-corrected chi connectivity index (χ4v) is 3.78. The topological polar surface area (TPSA) is 12.5 Å². The van der Waals surface area contributed by atoms with E-state index in [1.807, 2.05) is 7.11 Å². The summed E-state index contributed by atoms with van der Waals surface area (Å²) in [4.78, 5) is 2.39. The number of ether oxygens (including phenoxy) is 1. The predicted octanol–water partition coefficient (Wildman–Crippen LogP) is 6.56. The number of benzene rings is 3. The van der Waals surface area contributed by atoms with E-state index >= 15 is 0 Å². The molecule has 27 heavy (non-hydrogen) atoms. The summed E-state index contributed by atoms with van der Waals surface area (Å²) in [5, 5.41) is 0. The van der Waals surface area contributed by atoms with E-state index in [1.54, 1.807) is 0 Å². The summed E-state index contributed by atoms with van der Waals surface area (Å²) >= 11 is 0. The van der Waals surface area contributed by atoms with Gasteiger partial charge < -0.3 is 9.64 Å². The maximum atomic E-state index is 6.05. The van der Waals surface area contributed by atoms with Gasteiger partial charge in [0.25, 0.3) is 0 Å². The Bertz CT molecular complexity index is 743. The maximum Gasteiger partial charge on any atom is 0.0925 e. The largest absolute Gasteiger partial charge is 0.374 e. The fourth-order valence-electron chi connectivity index (χ4n) is 3.78. The number of rotatable bonds is 9. The normalized spacial score (nSPS) is 13.1. The van der Waals surface area contributed by atoms with Crippen LogP contribution < -0.4 is 4.90 Å². The van der Waals surface area contributed by atoms with E-state index < -0.39 is 0 Å². The molecular weight excluding hydrogens is 330 g/mol. The molecule has 0 heterocycles. The highest BCUT2D eigenvalue weighted by Crippen LogP contribution is 2.34. The number of hydrogen-bond acceptors (Lipinski definition) is 2. The second-order valence-electron chi connectivity index (χ2n) is 6.84. The van der Waals surface area contributed by atoms with Crippen molar-refractivity contribution >= 4 is 11.4 Å². The molecule has 0 aliphatic rings. The van der Waals surface area contributed by atoms with Crippen molar-refractivity contribution in [3.63, 3.8) is 0 Å². The van der Waals surface area contributed by atoms with Crippen LogP contribution >= 0.6 is 0 Å². The van der Waals surface area contributed by atoms with Gasteiger partial charge in [0.1, 0.15) is 0 Å². The summed E-state index contributed by atoms with van der Waals surface area (Å²) in [6.45, 7) is 3.16. The SMILES string of the molecule is CCC(CCCN(c1ccccc1)c1ccccc1)(OC)c1ccccc1. The summed E-state index contributed by atoms with van der Waals surface area (Å²) < 4.78 is 6.05. The zero-order chi connectivity index (χ0) is 19.0. The minimum atomic E-state index is -0.222.